The number of hydrogen-bond donors (Lipinski definition) is 0. The van der Waals surface area contributed by atoms with Crippen LogP contribution < -0.4 is 14.2 Å². The molecule has 2 aromatic carbocycles. The molecular weight excluding hydrogens is 296 g/mol. The third-order valence-corrected chi connectivity index (χ3v) is 3.17. The number of ether oxygens (including phenoxy) is 3. The van der Waals surface area contributed by atoms with Crippen molar-refractivity contribution in [3.8, 4) is 17.2 Å². The maximum Gasteiger partial charge on any atom is 0.347 e. The van der Waals surface area contributed by atoms with Crippen LogP contribution in [0.5, 0.6) is 17.2 Å². The summed E-state index contributed by atoms with van der Waals surface area (Å²) in [7, 11) is 1.48. The van der Waals surface area contributed by atoms with E-state index in [1.54, 1.807) is 36.4 Å². The van der Waals surface area contributed by atoms with Gasteiger partial charge in [-0.15, -0.1) is 0 Å². The smallest absolute Gasteiger partial charge is 0.347 e. The molecule has 2 rings (SSSR count). The second-order valence-corrected chi connectivity index (χ2v) is 4.74. The molecule has 0 spiro atoms. The first kappa shape index (κ1) is 16.5. The van der Waals surface area contributed by atoms with Crippen LogP contribution in [0.25, 0.3) is 0 Å². The summed E-state index contributed by atoms with van der Waals surface area (Å²) in [5.41, 5.74) is 0.600. The summed E-state index contributed by atoms with van der Waals surface area (Å²) in [4.78, 5) is 24.1. The van der Waals surface area contributed by atoms with Crippen molar-refractivity contribution in [2.75, 3.05) is 13.7 Å². The first-order valence-corrected chi connectivity index (χ1v) is 7.19. The number of carbonyl (C=O) groups excluding carboxylic acids is 2. The number of methoxy groups -OCH3 is 1. The zero-order chi connectivity index (χ0) is 16.8. The molecule has 0 aliphatic rings. The molecule has 0 radical (unpaired) electrons. The Hall–Kier alpha value is -2.82. The van der Waals surface area contributed by atoms with Gasteiger partial charge in [0.15, 0.2) is 5.78 Å². The van der Waals surface area contributed by atoms with Crippen LogP contribution in [0.4, 0.5) is 0 Å². The summed E-state index contributed by atoms with van der Waals surface area (Å²) in [6, 6.07) is 11.5. The Bertz CT molecular complexity index is 721. The van der Waals surface area contributed by atoms with Crippen molar-refractivity contribution in [3.63, 3.8) is 0 Å². The molecule has 0 unspecified atom stereocenters. The molecule has 0 saturated heterocycles. The molecule has 0 amide bonds. The van der Waals surface area contributed by atoms with Gasteiger partial charge in [-0.1, -0.05) is 12.1 Å². The highest BCUT2D eigenvalue weighted by Gasteiger charge is 2.18. The van der Waals surface area contributed by atoms with Gasteiger partial charge in [0.2, 0.25) is 0 Å². The lowest BCUT2D eigenvalue weighted by Crippen LogP contribution is -2.12. The number of rotatable bonds is 6. The number of carbonyl (C=O) groups is 2. The minimum atomic E-state index is -0.599. The van der Waals surface area contributed by atoms with Crippen LogP contribution >= 0.6 is 0 Å². The maximum absolute atomic E-state index is 12.4. The van der Waals surface area contributed by atoms with E-state index in [1.807, 2.05) is 6.92 Å². The molecule has 0 aromatic heterocycles. The molecule has 0 heterocycles. The average Bonchev–Trinajstić information content (AvgIpc) is 2.55. The van der Waals surface area contributed by atoms with Crippen LogP contribution in [0.15, 0.2) is 42.5 Å². The van der Waals surface area contributed by atoms with E-state index in [4.69, 9.17) is 14.2 Å². The lowest BCUT2D eigenvalue weighted by Gasteiger charge is -2.12. The van der Waals surface area contributed by atoms with E-state index in [0.717, 1.165) is 0 Å². The van der Waals surface area contributed by atoms with Crippen LogP contribution in [-0.2, 0) is 0 Å². The predicted molar refractivity (Wildman–Crippen MR) is 85.6 cm³/mol. The molecule has 0 bridgehead atoms. The van der Waals surface area contributed by atoms with Crippen LogP contribution in [0.1, 0.15) is 34.6 Å². The van der Waals surface area contributed by atoms with E-state index in [9.17, 15) is 9.59 Å². The average molecular weight is 314 g/mol. The molecule has 2 aromatic rings. The Labute approximate surface area is 134 Å². The van der Waals surface area contributed by atoms with Crippen molar-refractivity contribution >= 4 is 11.8 Å². The second kappa shape index (κ2) is 7.45. The van der Waals surface area contributed by atoms with Crippen LogP contribution in [0.2, 0.25) is 0 Å². The van der Waals surface area contributed by atoms with Crippen LogP contribution in [-0.4, -0.2) is 25.5 Å². The second-order valence-electron chi connectivity index (χ2n) is 4.74. The highest BCUT2D eigenvalue weighted by molar-refractivity contribution is 5.99. The minimum Gasteiger partial charge on any atom is -0.496 e. The Balaban J connectivity index is 2.35. The molecule has 0 N–H and O–H groups in total. The van der Waals surface area contributed by atoms with E-state index >= 15 is 0 Å². The number of Topliss-reactive ketones (excluding diaryl/α,β-unsaturated/α-hetero) is 1. The summed E-state index contributed by atoms with van der Waals surface area (Å²) in [6.07, 6.45) is 0. The topological polar surface area (TPSA) is 61.8 Å². The Morgan fingerprint density at radius 1 is 1.00 bits per heavy atom. The van der Waals surface area contributed by atoms with Crippen LogP contribution in [0, 0.1) is 0 Å². The number of hydrogen-bond acceptors (Lipinski definition) is 5. The quantitative estimate of drug-likeness (QED) is 0.464. The highest BCUT2D eigenvalue weighted by atomic mass is 16.5. The van der Waals surface area contributed by atoms with E-state index in [-0.39, 0.29) is 17.1 Å². The fourth-order valence-corrected chi connectivity index (χ4v) is 2.10. The summed E-state index contributed by atoms with van der Waals surface area (Å²) >= 11 is 0. The molecule has 23 heavy (non-hydrogen) atoms. The van der Waals surface area contributed by atoms with Crippen LogP contribution in [0.3, 0.4) is 0 Å². The van der Waals surface area contributed by atoms with E-state index in [2.05, 4.69) is 0 Å². The van der Waals surface area contributed by atoms with Gasteiger partial charge in [-0.05, 0) is 38.1 Å². The molecule has 0 atom stereocenters. The standard InChI is InChI=1S/C18H18O5/c1-4-22-13-9-10-14(12(2)19)17(11-13)23-18(20)15-7-5-6-8-16(15)21-3/h5-11H,4H2,1-3H3. The van der Waals surface area contributed by atoms with Crippen molar-refractivity contribution < 1.29 is 23.8 Å². The summed E-state index contributed by atoms with van der Waals surface area (Å²) in [6.45, 7) is 3.73. The predicted octanol–water partition coefficient (Wildman–Crippen LogP) is 3.52. The lowest BCUT2D eigenvalue weighted by atomic mass is 10.1. The van der Waals surface area contributed by atoms with E-state index in [0.29, 0.717) is 23.7 Å². The van der Waals surface area contributed by atoms with Gasteiger partial charge >= 0.3 is 5.97 Å². The van der Waals surface area contributed by atoms with Crippen molar-refractivity contribution in [3.05, 3.63) is 53.6 Å². The van der Waals surface area contributed by atoms with Gasteiger partial charge in [-0.2, -0.15) is 0 Å². The first-order chi connectivity index (χ1) is 11.1. The summed E-state index contributed by atoms with van der Waals surface area (Å²) in [5.74, 6) is 0.303. The summed E-state index contributed by atoms with van der Waals surface area (Å²) in [5, 5.41) is 0. The number of ketones is 1. The number of benzene rings is 2. The largest absolute Gasteiger partial charge is 0.496 e. The maximum atomic E-state index is 12.4. The van der Waals surface area contributed by atoms with Crippen molar-refractivity contribution in [2.24, 2.45) is 0 Å². The third kappa shape index (κ3) is 3.88. The number of para-hydroxylation sites is 1. The molecule has 0 aliphatic carbocycles. The van der Waals surface area contributed by atoms with Gasteiger partial charge < -0.3 is 14.2 Å². The monoisotopic (exact) mass is 314 g/mol. The fourth-order valence-electron chi connectivity index (χ4n) is 2.10. The molecule has 0 aliphatic heterocycles. The third-order valence-electron chi connectivity index (χ3n) is 3.17. The molecule has 120 valence electrons. The van der Waals surface area contributed by atoms with Gasteiger partial charge in [0, 0.05) is 6.07 Å². The van der Waals surface area contributed by atoms with Gasteiger partial charge in [-0.3, -0.25) is 4.79 Å². The van der Waals surface area contributed by atoms with E-state index in [1.165, 1.54) is 20.1 Å². The van der Waals surface area contributed by atoms with Gasteiger partial charge in [0.1, 0.15) is 22.8 Å². The van der Waals surface area contributed by atoms with Gasteiger partial charge in [-0.25, -0.2) is 4.79 Å². The Kier molecular flexibility index (Phi) is 5.36. The first-order valence-electron chi connectivity index (χ1n) is 7.19. The van der Waals surface area contributed by atoms with Crippen molar-refractivity contribution in [2.45, 2.75) is 13.8 Å². The van der Waals surface area contributed by atoms with E-state index < -0.39 is 5.97 Å². The van der Waals surface area contributed by atoms with Crippen molar-refractivity contribution in [1.29, 1.82) is 0 Å². The SMILES string of the molecule is CCOc1ccc(C(C)=O)c(OC(=O)c2ccccc2OC)c1. The highest BCUT2D eigenvalue weighted by Crippen LogP contribution is 2.27. The molecular formula is C18H18O5. The van der Waals surface area contributed by atoms with Gasteiger partial charge in [0.05, 0.1) is 19.3 Å². The summed E-state index contributed by atoms with van der Waals surface area (Å²) < 4.78 is 15.9. The fraction of sp³-hybridized carbons (Fsp3) is 0.222. The molecule has 5 nitrogen and oxygen atoms in total. The zero-order valence-electron chi connectivity index (χ0n) is 13.3. The Morgan fingerprint density at radius 3 is 2.39 bits per heavy atom. The van der Waals surface area contributed by atoms with Gasteiger partial charge in [0.25, 0.3) is 0 Å². The molecule has 0 saturated carbocycles. The zero-order valence-corrected chi connectivity index (χ0v) is 13.3. The molecule has 5 heteroatoms. The lowest BCUT2D eigenvalue weighted by molar-refractivity contribution is 0.0729. The number of esters is 1. The minimum absolute atomic E-state index is 0.166. The normalized spacial score (nSPS) is 10.0. The van der Waals surface area contributed by atoms with Crippen molar-refractivity contribution in [1.82, 2.24) is 0 Å². The molecule has 0 fully saturated rings. The Morgan fingerprint density at radius 2 is 1.74 bits per heavy atom.